The molecule has 14 heavy (non-hydrogen) atoms. The number of aromatic nitrogens is 1. The second kappa shape index (κ2) is 3.63. The molecule has 1 saturated carbocycles. The smallest absolute Gasteiger partial charge is 0.0953 e. The molecule has 0 aromatic carbocycles. The third kappa shape index (κ3) is 1.48. The minimum atomic E-state index is 0.0742. The lowest BCUT2D eigenvalue weighted by atomic mass is 9.69. The highest BCUT2D eigenvalue weighted by atomic mass is 32.1. The number of aliphatic hydroxyl groups is 1. The first kappa shape index (κ1) is 10.1. The molecule has 1 heterocycles. The second-order valence-electron chi connectivity index (χ2n) is 4.51. The molecular weight excluding hydrogens is 194 g/mol. The van der Waals surface area contributed by atoms with E-state index in [1.165, 1.54) is 16.3 Å². The molecule has 0 saturated heterocycles. The van der Waals surface area contributed by atoms with E-state index >= 15 is 0 Å². The van der Waals surface area contributed by atoms with E-state index in [0.29, 0.717) is 5.92 Å². The van der Waals surface area contributed by atoms with Crippen LogP contribution in [0.25, 0.3) is 0 Å². The number of rotatable bonds is 3. The monoisotopic (exact) mass is 211 g/mol. The van der Waals surface area contributed by atoms with E-state index in [2.05, 4.69) is 18.8 Å². The zero-order valence-corrected chi connectivity index (χ0v) is 9.60. The minimum Gasteiger partial charge on any atom is -0.395 e. The SMILES string of the molecule is CC(C)c1ncc(C2(CO)CCC2)s1. The van der Waals surface area contributed by atoms with Crippen molar-refractivity contribution in [3.63, 3.8) is 0 Å². The van der Waals surface area contributed by atoms with E-state index in [1.807, 2.05) is 6.20 Å². The summed E-state index contributed by atoms with van der Waals surface area (Å²) in [6, 6.07) is 0. The summed E-state index contributed by atoms with van der Waals surface area (Å²) in [6.07, 6.45) is 5.47. The van der Waals surface area contributed by atoms with Crippen molar-refractivity contribution in [1.29, 1.82) is 0 Å². The fraction of sp³-hybridized carbons (Fsp3) is 0.727. The molecular formula is C11H17NOS. The number of nitrogens with zero attached hydrogens (tertiary/aromatic N) is 1. The van der Waals surface area contributed by atoms with Crippen molar-refractivity contribution < 1.29 is 5.11 Å². The standard InChI is InChI=1S/C11H17NOS/c1-8(2)10-12-6-9(14-10)11(7-13)4-3-5-11/h6,8,13H,3-5,7H2,1-2H3. The third-order valence-electron chi connectivity index (χ3n) is 3.15. The van der Waals surface area contributed by atoms with E-state index in [9.17, 15) is 5.11 Å². The Morgan fingerprint density at radius 3 is 2.64 bits per heavy atom. The number of aliphatic hydroxyl groups excluding tert-OH is 1. The third-order valence-corrected chi connectivity index (χ3v) is 4.70. The van der Waals surface area contributed by atoms with Crippen LogP contribution in [0.2, 0.25) is 0 Å². The molecule has 3 heteroatoms. The first-order valence-electron chi connectivity index (χ1n) is 5.25. The van der Waals surface area contributed by atoms with E-state index in [4.69, 9.17) is 0 Å². The summed E-state index contributed by atoms with van der Waals surface area (Å²) < 4.78 is 0. The molecule has 0 aliphatic heterocycles. The number of thiazole rings is 1. The zero-order chi connectivity index (χ0) is 10.2. The van der Waals surface area contributed by atoms with Gasteiger partial charge in [-0.1, -0.05) is 20.3 Å². The van der Waals surface area contributed by atoms with Crippen LogP contribution in [0.1, 0.15) is 48.9 Å². The van der Waals surface area contributed by atoms with Gasteiger partial charge in [-0.3, -0.25) is 0 Å². The topological polar surface area (TPSA) is 33.1 Å². The van der Waals surface area contributed by atoms with Crippen LogP contribution in [0.3, 0.4) is 0 Å². The molecule has 1 fully saturated rings. The molecule has 0 bridgehead atoms. The molecule has 1 aromatic heterocycles. The van der Waals surface area contributed by atoms with Gasteiger partial charge in [0.05, 0.1) is 11.6 Å². The summed E-state index contributed by atoms with van der Waals surface area (Å²) in [5.41, 5.74) is 0.0742. The van der Waals surface area contributed by atoms with Gasteiger partial charge >= 0.3 is 0 Å². The van der Waals surface area contributed by atoms with Crippen LogP contribution in [0.4, 0.5) is 0 Å². The van der Waals surface area contributed by atoms with Crippen molar-refractivity contribution in [2.45, 2.75) is 44.4 Å². The Morgan fingerprint density at radius 1 is 1.57 bits per heavy atom. The maximum atomic E-state index is 9.42. The summed E-state index contributed by atoms with van der Waals surface area (Å²) in [5.74, 6) is 0.504. The first-order chi connectivity index (χ1) is 6.68. The molecule has 2 nitrogen and oxygen atoms in total. The van der Waals surface area contributed by atoms with Gasteiger partial charge < -0.3 is 5.11 Å². The highest BCUT2D eigenvalue weighted by Gasteiger charge is 2.39. The van der Waals surface area contributed by atoms with E-state index < -0.39 is 0 Å². The van der Waals surface area contributed by atoms with E-state index in [-0.39, 0.29) is 12.0 Å². The summed E-state index contributed by atoms with van der Waals surface area (Å²) >= 11 is 1.78. The summed E-state index contributed by atoms with van der Waals surface area (Å²) in [7, 11) is 0. The van der Waals surface area contributed by atoms with E-state index in [0.717, 1.165) is 12.8 Å². The van der Waals surface area contributed by atoms with Crippen LogP contribution < -0.4 is 0 Å². The van der Waals surface area contributed by atoms with Gasteiger partial charge in [-0.25, -0.2) is 4.98 Å². The Hall–Kier alpha value is -0.410. The molecule has 0 radical (unpaired) electrons. The molecule has 0 unspecified atom stereocenters. The average Bonchev–Trinajstić information content (AvgIpc) is 2.52. The predicted octanol–water partition coefficient (Wildman–Crippen LogP) is 2.68. The van der Waals surface area contributed by atoms with Gasteiger partial charge in [0.15, 0.2) is 0 Å². The van der Waals surface area contributed by atoms with Crippen molar-refractivity contribution >= 4 is 11.3 Å². The largest absolute Gasteiger partial charge is 0.395 e. The lowest BCUT2D eigenvalue weighted by Gasteiger charge is -2.39. The van der Waals surface area contributed by atoms with Crippen molar-refractivity contribution in [2.24, 2.45) is 0 Å². The van der Waals surface area contributed by atoms with Crippen molar-refractivity contribution in [3.05, 3.63) is 16.1 Å². The maximum Gasteiger partial charge on any atom is 0.0953 e. The quantitative estimate of drug-likeness (QED) is 0.834. The van der Waals surface area contributed by atoms with E-state index in [1.54, 1.807) is 11.3 Å². The number of hydrogen-bond donors (Lipinski definition) is 1. The van der Waals surface area contributed by atoms with Crippen molar-refractivity contribution in [2.75, 3.05) is 6.61 Å². The van der Waals surface area contributed by atoms with Gasteiger partial charge in [0.2, 0.25) is 0 Å². The molecule has 0 atom stereocenters. The molecule has 1 aromatic rings. The Morgan fingerprint density at radius 2 is 2.29 bits per heavy atom. The van der Waals surface area contributed by atoms with Crippen LogP contribution in [-0.4, -0.2) is 16.7 Å². The lowest BCUT2D eigenvalue weighted by Crippen LogP contribution is -2.37. The maximum absolute atomic E-state index is 9.42. The molecule has 0 amide bonds. The zero-order valence-electron chi connectivity index (χ0n) is 8.79. The van der Waals surface area contributed by atoms with Crippen LogP contribution >= 0.6 is 11.3 Å². The Balaban J connectivity index is 2.23. The Kier molecular flexibility index (Phi) is 2.62. The average molecular weight is 211 g/mol. The predicted molar refractivity (Wildman–Crippen MR) is 58.8 cm³/mol. The van der Waals surface area contributed by atoms with Crippen LogP contribution in [0.5, 0.6) is 0 Å². The summed E-state index contributed by atoms with van der Waals surface area (Å²) in [6.45, 7) is 4.61. The molecule has 1 N–H and O–H groups in total. The van der Waals surface area contributed by atoms with Crippen LogP contribution in [-0.2, 0) is 5.41 Å². The Bertz CT molecular complexity index is 309. The molecule has 1 aliphatic carbocycles. The highest BCUT2D eigenvalue weighted by Crippen LogP contribution is 2.45. The summed E-state index contributed by atoms with van der Waals surface area (Å²) in [4.78, 5) is 5.71. The second-order valence-corrected chi connectivity index (χ2v) is 5.57. The highest BCUT2D eigenvalue weighted by molar-refractivity contribution is 7.11. The van der Waals surface area contributed by atoms with Crippen LogP contribution in [0, 0.1) is 0 Å². The lowest BCUT2D eigenvalue weighted by molar-refractivity contribution is 0.123. The van der Waals surface area contributed by atoms with Gasteiger partial charge in [-0.15, -0.1) is 11.3 Å². The summed E-state index contributed by atoms with van der Waals surface area (Å²) in [5, 5.41) is 10.6. The fourth-order valence-electron chi connectivity index (χ4n) is 1.89. The van der Waals surface area contributed by atoms with Crippen molar-refractivity contribution in [1.82, 2.24) is 4.98 Å². The number of hydrogen-bond acceptors (Lipinski definition) is 3. The Labute approximate surface area is 89.0 Å². The van der Waals surface area contributed by atoms with Crippen LogP contribution in [0.15, 0.2) is 6.20 Å². The van der Waals surface area contributed by atoms with Crippen molar-refractivity contribution in [3.8, 4) is 0 Å². The van der Waals surface area contributed by atoms with Gasteiger partial charge in [0.1, 0.15) is 0 Å². The normalized spacial score (nSPS) is 19.7. The molecule has 0 spiro atoms. The molecule has 2 rings (SSSR count). The van der Waals surface area contributed by atoms with Gasteiger partial charge in [0, 0.05) is 22.4 Å². The molecule has 1 aliphatic rings. The van der Waals surface area contributed by atoms with Gasteiger partial charge in [0.25, 0.3) is 0 Å². The molecule has 78 valence electrons. The van der Waals surface area contributed by atoms with Gasteiger partial charge in [-0.2, -0.15) is 0 Å². The fourth-order valence-corrected chi connectivity index (χ4v) is 3.04. The minimum absolute atomic E-state index is 0.0742. The van der Waals surface area contributed by atoms with Gasteiger partial charge in [-0.05, 0) is 12.8 Å². The first-order valence-corrected chi connectivity index (χ1v) is 6.07.